The molecular formula is C36H43F2N7O2. The number of rotatable bonds is 9. The van der Waals surface area contributed by atoms with Crippen molar-refractivity contribution in [1.29, 1.82) is 5.26 Å². The highest BCUT2D eigenvalue weighted by Crippen LogP contribution is 2.37. The Hall–Kier alpha value is -4.30. The van der Waals surface area contributed by atoms with Gasteiger partial charge in [0.25, 0.3) is 0 Å². The topological polar surface area (TPSA) is 88.8 Å². The second-order valence-corrected chi connectivity index (χ2v) is 13.0. The van der Waals surface area contributed by atoms with Crippen LogP contribution in [0.1, 0.15) is 48.9 Å². The van der Waals surface area contributed by atoms with Crippen LogP contribution < -0.4 is 14.5 Å². The van der Waals surface area contributed by atoms with E-state index in [1.165, 1.54) is 28.1 Å². The first-order valence-electron chi connectivity index (χ1n) is 16.6. The maximum Gasteiger partial charge on any atom is 0.318 e. The van der Waals surface area contributed by atoms with E-state index in [2.05, 4.69) is 70.7 Å². The number of nitriles is 1. The highest BCUT2D eigenvalue weighted by Gasteiger charge is 2.36. The van der Waals surface area contributed by atoms with Crippen LogP contribution in [-0.4, -0.2) is 90.1 Å². The van der Waals surface area contributed by atoms with Crippen molar-refractivity contribution in [2.24, 2.45) is 0 Å². The molecule has 248 valence electrons. The van der Waals surface area contributed by atoms with Gasteiger partial charge in [0.15, 0.2) is 0 Å². The number of likely N-dealkylation sites (N-methyl/N-ethyl adjacent to an activating group) is 1. The smallest absolute Gasteiger partial charge is 0.318 e. The molecular weight excluding hydrogens is 600 g/mol. The van der Waals surface area contributed by atoms with Gasteiger partial charge in [-0.25, -0.2) is 8.78 Å². The Morgan fingerprint density at radius 3 is 2.66 bits per heavy atom. The van der Waals surface area contributed by atoms with E-state index in [0.717, 1.165) is 30.0 Å². The van der Waals surface area contributed by atoms with Gasteiger partial charge in [-0.15, -0.1) is 0 Å². The van der Waals surface area contributed by atoms with Crippen LogP contribution in [-0.2, 0) is 17.8 Å². The molecule has 1 saturated carbocycles. The van der Waals surface area contributed by atoms with Gasteiger partial charge < -0.3 is 24.3 Å². The van der Waals surface area contributed by atoms with E-state index in [1.807, 2.05) is 7.05 Å². The van der Waals surface area contributed by atoms with Gasteiger partial charge in [-0.05, 0) is 56.3 Å². The zero-order valence-corrected chi connectivity index (χ0v) is 27.3. The third-order valence-corrected chi connectivity index (χ3v) is 10.0. The quantitative estimate of drug-likeness (QED) is 0.283. The summed E-state index contributed by atoms with van der Waals surface area (Å²) in [4.78, 5) is 30.8. The van der Waals surface area contributed by atoms with Crippen LogP contribution in [0.2, 0.25) is 0 Å². The number of fused-ring (bicyclic) bond motifs is 2. The van der Waals surface area contributed by atoms with Crippen LogP contribution in [0.25, 0.3) is 10.8 Å². The predicted molar refractivity (Wildman–Crippen MR) is 179 cm³/mol. The summed E-state index contributed by atoms with van der Waals surface area (Å²) in [5.74, 6) is -1.95. The molecule has 0 spiro atoms. The lowest BCUT2D eigenvalue weighted by Crippen LogP contribution is -2.55. The van der Waals surface area contributed by atoms with E-state index in [9.17, 15) is 18.8 Å². The third-order valence-electron chi connectivity index (χ3n) is 10.0. The van der Waals surface area contributed by atoms with Crippen LogP contribution in [0.3, 0.4) is 0 Å². The van der Waals surface area contributed by atoms with Gasteiger partial charge in [0, 0.05) is 68.2 Å². The van der Waals surface area contributed by atoms with Crippen LogP contribution in [0.4, 0.5) is 20.3 Å². The molecule has 2 aliphatic heterocycles. The number of amides is 1. The number of hydrogen-bond donors (Lipinski definition) is 0. The van der Waals surface area contributed by atoms with Gasteiger partial charge in [0.1, 0.15) is 12.4 Å². The molecule has 1 atom stereocenters. The fourth-order valence-corrected chi connectivity index (χ4v) is 7.35. The average Bonchev–Trinajstić information content (AvgIpc) is 3.07. The number of benzene rings is 2. The van der Waals surface area contributed by atoms with Crippen LogP contribution in [0.5, 0.6) is 6.01 Å². The minimum atomic E-state index is -2.56. The molecule has 3 aromatic rings. The van der Waals surface area contributed by atoms with Gasteiger partial charge in [-0.1, -0.05) is 36.9 Å². The van der Waals surface area contributed by atoms with Crippen molar-refractivity contribution in [3.8, 4) is 12.1 Å². The molecule has 1 saturated heterocycles. The number of ether oxygens (including phenoxy) is 1. The molecule has 1 aromatic heterocycles. The molecule has 1 amide bonds. The van der Waals surface area contributed by atoms with E-state index in [1.54, 1.807) is 4.90 Å². The van der Waals surface area contributed by atoms with Crippen molar-refractivity contribution in [2.45, 2.75) is 70.0 Å². The Balaban J connectivity index is 1.27. The fourth-order valence-electron chi connectivity index (χ4n) is 7.35. The number of anilines is 2. The predicted octanol–water partition coefficient (Wildman–Crippen LogP) is 5.51. The van der Waals surface area contributed by atoms with Gasteiger partial charge >= 0.3 is 6.01 Å². The summed E-state index contributed by atoms with van der Waals surface area (Å²) in [6.45, 7) is 9.54. The number of carbonyl (C=O) groups excluding carboxylic acids is 1. The highest BCUT2D eigenvalue weighted by atomic mass is 19.3. The van der Waals surface area contributed by atoms with Crippen LogP contribution in [0.15, 0.2) is 49.1 Å². The van der Waals surface area contributed by atoms with Gasteiger partial charge in [-0.3, -0.25) is 4.79 Å². The molecule has 2 fully saturated rings. The van der Waals surface area contributed by atoms with E-state index < -0.39 is 5.92 Å². The molecule has 0 N–H and O–H groups in total. The van der Waals surface area contributed by atoms with Crippen molar-refractivity contribution >= 4 is 28.2 Å². The summed E-state index contributed by atoms with van der Waals surface area (Å²) in [5, 5.41) is 12.0. The van der Waals surface area contributed by atoms with E-state index in [0.29, 0.717) is 52.2 Å². The molecule has 47 heavy (non-hydrogen) atoms. The van der Waals surface area contributed by atoms with Crippen molar-refractivity contribution in [3.05, 3.63) is 65.9 Å². The lowest BCUT2D eigenvalue weighted by molar-refractivity contribution is -0.128. The SMILES string of the molecule is C=CC(=O)N1CCN(c2nc(OCCN(C)C3CCC(F)(F)CC3)nc3c2CCN(c2cccc4cccc(C)c24)C3)C[C@@H]1CC#N. The maximum atomic E-state index is 13.7. The number of aromatic nitrogens is 2. The molecule has 3 aliphatic rings. The first-order chi connectivity index (χ1) is 22.7. The van der Waals surface area contributed by atoms with Crippen molar-refractivity contribution in [1.82, 2.24) is 19.8 Å². The summed E-state index contributed by atoms with van der Waals surface area (Å²) in [5.41, 5.74) is 4.34. The number of carbonyl (C=O) groups is 1. The first kappa shape index (κ1) is 32.6. The number of nitrogens with zero attached hydrogens (tertiary/aromatic N) is 7. The van der Waals surface area contributed by atoms with Crippen molar-refractivity contribution in [3.63, 3.8) is 0 Å². The molecule has 11 heteroatoms. The highest BCUT2D eigenvalue weighted by molar-refractivity contribution is 5.97. The van der Waals surface area contributed by atoms with E-state index in [4.69, 9.17) is 14.7 Å². The third kappa shape index (κ3) is 7.03. The fraction of sp³-hybridized carbons (Fsp3) is 0.500. The normalized spacial score (nSPS) is 19.8. The summed E-state index contributed by atoms with van der Waals surface area (Å²) in [6, 6.07) is 15.1. The molecule has 9 nitrogen and oxygen atoms in total. The van der Waals surface area contributed by atoms with Gasteiger partial charge in [0.05, 0.1) is 30.8 Å². The van der Waals surface area contributed by atoms with Crippen molar-refractivity contribution in [2.75, 3.05) is 56.2 Å². The van der Waals surface area contributed by atoms with Crippen LogP contribution >= 0.6 is 0 Å². The summed E-state index contributed by atoms with van der Waals surface area (Å²) >= 11 is 0. The Kier molecular flexibility index (Phi) is 9.60. The number of aryl methyl sites for hydroxylation is 1. The zero-order valence-electron chi connectivity index (χ0n) is 27.3. The minimum Gasteiger partial charge on any atom is -0.462 e. The lowest BCUT2D eigenvalue weighted by Gasteiger charge is -2.42. The average molecular weight is 644 g/mol. The summed E-state index contributed by atoms with van der Waals surface area (Å²) < 4.78 is 33.6. The van der Waals surface area contributed by atoms with E-state index in [-0.39, 0.29) is 43.3 Å². The Bertz CT molecular complexity index is 1660. The zero-order chi connectivity index (χ0) is 33.1. The number of piperazine rings is 1. The standard InChI is InChI=1S/C36H43F2N7O2/c1-4-32(46)45-20-19-44(23-28(45)13-17-39)34-29-14-18-43(31-10-6-9-26-8-5-7-25(2)33(26)31)24-30(29)40-35(41-34)47-22-21-42(3)27-11-15-36(37,38)16-12-27/h4-10,27-28H,1,11-16,18-24H2,2-3H3/t28-/m0/s1. The molecule has 0 radical (unpaired) electrons. The monoisotopic (exact) mass is 643 g/mol. The Morgan fingerprint density at radius 2 is 1.91 bits per heavy atom. The molecule has 1 aliphatic carbocycles. The number of halogens is 2. The maximum absolute atomic E-state index is 13.7. The Labute approximate surface area is 275 Å². The second kappa shape index (κ2) is 13.8. The van der Waals surface area contributed by atoms with Crippen LogP contribution in [0, 0.1) is 18.3 Å². The molecule has 2 aromatic carbocycles. The molecule has 0 bridgehead atoms. The molecule has 3 heterocycles. The Morgan fingerprint density at radius 1 is 1.15 bits per heavy atom. The van der Waals surface area contributed by atoms with Gasteiger partial charge in [0.2, 0.25) is 11.8 Å². The lowest BCUT2D eigenvalue weighted by atomic mass is 9.91. The number of alkyl halides is 2. The van der Waals surface area contributed by atoms with E-state index >= 15 is 0 Å². The summed E-state index contributed by atoms with van der Waals surface area (Å²) in [6.07, 6.45) is 3.03. The first-order valence-corrected chi connectivity index (χ1v) is 16.6. The van der Waals surface area contributed by atoms with Gasteiger partial charge in [-0.2, -0.15) is 15.2 Å². The van der Waals surface area contributed by atoms with Crippen molar-refractivity contribution < 1.29 is 18.3 Å². The largest absolute Gasteiger partial charge is 0.462 e. The molecule has 0 unspecified atom stereocenters. The summed E-state index contributed by atoms with van der Waals surface area (Å²) in [7, 11) is 1.96. The second-order valence-electron chi connectivity index (χ2n) is 13.0. The number of hydrogen-bond acceptors (Lipinski definition) is 8. The molecule has 6 rings (SSSR count). The minimum absolute atomic E-state index is 0.0780.